The lowest BCUT2D eigenvalue weighted by Crippen LogP contribution is -2.49. The second-order valence-corrected chi connectivity index (χ2v) is 9.55. The second-order valence-electron chi connectivity index (χ2n) is 7.76. The number of piperazine rings is 1. The average molecular weight is 443 g/mol. The third kappa shape index (κ3) is 3.90. The Labute approximate surface area is 181 Å². The number of benzene rings is 2. The lowest BCUT2D eigenvalue weighted by molar-refractivity contribution is -0.133. The van der Waals surface area contributed by atoms with E-state index in [0.29, 0.717) is 18.6 Å². The van der Waals surface area contributed by atoms with Crippen LogP contribution in [0.25, 0.3) is 11.0 Å². The first kappa shape index (κ1) is 21.3. The zero-order valence-electron chi connectivity index (χ0n) is 17.7. The number of nitrogens with zero attached hydrogens (tertiary/aromatic N) is 4. The van der Waals surface area contributed by atoms with E-state index in [4.69, 9.17) is 0 Å². The first-order valence-electron chi connectivity index (χ1n) is 10.4. The fraction of sp³-hybridized carbons (Fsp3) is 0.364. The summed E-state index contributed by atoms with van der Waals surface area (Å²) in [6, 6.07) is 13.1. The lowest BCUT2D eigenvalue weighted by atomic mass is 10.2. The van der Waals surface area contributed by atoms with Gasteiger partial charge in [-0.05, 0) is 43.3 Å². The average Bonchev–Trinajstić information content (AvgIpc) is 3.05. The van der Waals surface area contributed by atoms with E-state index in [1.165, 1.54) is 16.7 Å². The third-order valence-corrected chi connectivity index (χ3v) is 7.47. The molecule has 0 N–H and O–H groups in total. The molecule has 0 atom stereocenters. The number of aryl methyl sites for hydroxylation is 1. The zero-order chi connectivity index (χ0) is 22.2. The van der Waals surface area contributed by atoms with Crippen molar-refractivity contribution in [2.75, 3.05) is 32.7 Å². The van der Waals surface area contributed by atoms with Crippen molar-refractivity contribution in [3.05, 3.63) is 64.6 Å². The molecule has 4 rings (SSSR count). The Balaban J connectivity index is 1.74. The van der Waals surface area contributed by atoms with Crippen molar-refractivity contribution in [1.29, 1.82) is 0 Å². The molecule has 1 fully saturated rings. The van der Waals surface area contributed by atoms with Gasteiger partial charge in [0.05, 0.1) is 15.9 Å². The van der Waals surface area contributed by atoms with Gasteiger partial charge in [0.25, 0.3) is 10.0 Å². The normalized spacial score (nSPS) is 15.5. The largest absolute Gasteiger partial charge is 0.343 e. The molecule has 0 aliphatic carbocycles. The van der Waals surface area contributed by atoms with Gasteiger partial charge in [0.2, 0.25) is 5.91 Å². The molecule has 0 saturated carbocycles. The minimum Gasteiger partial charge on any atom is -0.339 e. The molecule has 8 nitrogen and oxygen atoms in total. The van der Waals surface area contributed by atoms with E-state index in [1.54, 1.807) is 48.2 Å². The van der Waals surface area contributed by atoms with Gasteiger partial charge in [0, 0.05) is 26.2 Å². The fourth-order valence-corrected chi connectivity index (χ4v) is 5.51. The maximum atomic E-state index is 13.3. The van der Waals surface area contributed by atoms with Gasteiger partial charge in [-0.3, -0.25) is 9.36 Å². The summed E-state index contributed by atoms with van der Waals surface area (Å²) in [6.45, 7) is 7.40. The van der Waals surface area contributed by atoms with Crippen LogP contribution in [0.5, 0.6) is 0 Å². The molecule has 1 aromatic heterocycles. The number of fused-ring (bicyclic) bond motifs is 1. The smallest absolute Gasteiger partial charge is 0.339 e. The van der Waals surface area contributed by atoms with Crippen molar-refractivity contribution in [3.8, 4) is 0 Å². The highest BCUT2D eigenvalue weighted by molar-refractivity contribution is 7.90. The van der Waals surface area contributed by atoms with Crippen LogP contribution >= 0.6 is 0 Å². The quantitative estimate of drug-likeness (QED) is 0.598. The van der Waals surface area contributed by atoms with Crippen molar-refractivity contribution in [1.82, 2.24) is 18.3 Å². The van der Waals surface area contributed by atoms with Gasteiger partial charge in [0.15, 0.2) is 0 Å². The molecule has 2 aromatic carbocycles. The first-order valence-corrected chi connectivity index (χ1v) is 11.8. The van der Waals surface area contributed by atoms with Gasteiger partial charge in [-0.1, -0.05) is 31.2 Å². The van der Waals surface area contributed by atoms with Gasteiger partial charge < -0.3 is 9.80 Å². The van der Waals surface area contributed by atoms with Gasteiger partial charge in [-0.15, -0.1) is 0 Å². The first-order chi connectivity index (χ1) is 14.8. The Bertz CT molecular complexity index is 1280. The number of imidazole rings is 1. The summed E-state index contributed by atoms with van der Waals surface area (Å²) in [6.07, 6.45) is 0. The van der Waals surface area contributed by atoms with Gasteiger partial charge in [-0.2, -0.15) is 3.97 Å². The van der Waals surface area contributed by atoms with Crippen LogP contribution in [-0.4, -0.2) is 65.4 Å². The van der Waals surface area contributed by atoms with Crippen LogP contribution in [-0.2, 0) is 21.4 Å². The molecule has 1 amide bonds. The second kappa shape index (κ2) is 8.32. The minimum absolute atomic E-state index is 0.0412. The number of amides is 1. The van der Waals surface area contributed by atoms with Crippen LogP contribution in [0, 0.1) is 6.92 Å². The number of aromatic nitrogens is 2. The molecule has 9 heteroatoms. The van der Waals surface area contributed by atoms with Crippen molar-refractivity contribution in [3.63, 3.8) is 0 Å². The molecule has 1 aliphatic heterocycles. The van der Waals surface area contributed by atoms with Crippen molar-refractivity contribution in [2.24, 2.45) is 0 Å². The van der Waals surface area contributed by atoms with E-state index < -0.39 is 15.7 Å². The van der Waals surface area contributed by atoms with E-state index in [1.807, 2.05) is 0 Å². The van der Waals surface area contributed by atoms with E-state index >= 15 is 0 Å². The number of carbonyl (C=O) groups excluding carboxylic acids is 1. The number of para-hydroxylation sites is 2. The Morgan fingerprint density at radius 1 is 0.968 bits per heavy atom. The summed E-state index contributed by atoms with van der Waals surface area (Å²) in [5.74, 6) is -0.186. The van der Waals surface area contributed by atoms with Gasteiger partial charge in [0.1, 0.15) is 6.54 Å². The summed E-state index contributed by atoms with van der Waals surface area (Å²) in [4.78, 5) is 30.2. The SMILES string of the molecule is CCN1CCN(C(=O)Cn2c(=O)n(S(=O)(=O)c3cccc(C)c3)c3ccccc32)CC1. The highest BCUT2D eigenvalue weighted by Crippen LogP contribution is 2.20. The summed E-state index contributed by atoms with van der Waals surface area (Å²) in [5.41, 5.74) is 0.726. The van der Waals surface area contributed by atoms with E-state index in [2.05, 4.69) is 11.8 Å². The number of carbonyl (C=O) groups is 1. The van der Waals surface area contributed by atoms with Gasteiger partial charge in [-0.25, -0.2) is 13.2 Å². The monoisotopic (exact) mass is 442 g/mol. The molecule has 31 heavy (non-hydrogen) atoms. The van der Waals surface area contributed by atoms with Crippen LogP contribution in [0.15, 0.2) is 58.2 Å². The maximum absolute atomic E-state index is 13.3. The van der Waals surface area contributed by atoms with Crippen LogP contribution in [0.4, 0.5) is 0 Å². The molecule has 1 saturated heterocycles. The Morgan fingerprint density at radius 3 is 2.29 bits per heavy atom. The Morgan fingerprint density at radius 2 is 1.65 bits per heavy atom. The van der Waals surface area contributed by atoms with Crippen LogP contribution in [0.3, 0.4) is 0 Å². The number of hydrogen-bond donors (Lipinski definition) is 0. The highest BCUT2D eigenvalue weighted by atomic mass is 32.2. The minimum atomic E-state index is -4.12. The molecule has 1 aliphatic rings. The Kier molecular flexibility index (Phi) is 5.72. The summed E-state index contributed by atoms with van der Waals surface area (Å²) in [5, 5.41) is 0. The molecular weight excluding hydrogens is 416 g/mol. The fourth-order valence-electron chi connectivity index (χ4n) is 3.99. The van der Waals surface area contributed by atoms with Crippen molar-refractivity contribution >= 4 is 27.0 Å². The molecule has 0 unspecified atom stereocenters. The summed E-state index contributed by atoms with van der Waals surface area (Å²) >= 11 is 0. The number of rotatable bonds is 5. The molecule has 0 spiro atoms. The predicted molar refractivity (Wildman–Crippen MR) is 119 cm³/mol. The van der Waals surface area contributed by atoms with Crippen LogP contribution in [0.2, 0.25) is 0 Å². The predicted octanol–water partition coefficient (Wildman–Crippen LogP) is 1.51. The van der Waals surface area contributed by atoms with Crippen molar-refractivity contribution < 1.29 is 13.2 Å². The third-order valence-electron chi connectivity index (χ3n) is 5.79. The number of hydrogen-bond acceptors (Lipinski definition) is 5. The Hall–Kier alpha value is -2.91. The van der Waals surface area contributed by atoms with Crippen LogP contribution in [0.1, 0.15) is 12.5 Å². The summed E-state index contributed by atoms with van der Waals surface area (Å²) < 4.78 is 28.7. The topological polar surface area (TPSA) is 84.6 Å². The molecule has 2 heterocycles. The van der Waals surface area contributed by atoms with Gasteiger partial charge >= 0.3 is 5.69 Å². The molecular formula is C22H26N4O4S. The van der Waals surface area contributed by atoms with E-state index in [-0.39, 0.29) is 22.9 Å². The van der Waals surface area contributed by atoms with Crippen LogP contribution < -0.4 is 5.69 Å². The maximum Gasteiger partial charge on any atom is 0.343 e. The van der Waals surface area contributed by atoms with E-state index in [9.17, 15) is 18.0 Å². The molecule has 164 valence electrons. The highest BCUT2D eigenvalue weighted by Gasteiger charge is 2.27. The standard InChI is InChI=1S/C22H26N4O4S/c1-3-23-11-13-24(14-12-23)21(27)16-25-19-9-4-5-10-20(19)26(22(25)28)31(29,30)18-8-6-7-17(2)15-18/h4-10,15H,3,11-14,16H2,1-2H3. The molecule has 0 bridgehead atoms. The molecule has 0 radical (unpaired) electrons. The summed E-state index contributed by atoms with van der Waals surface area (Å²) in [7, 11) is -4.12. The van der Waals surface area contributed by atoms with Crippen molar-refractivity contribution in [2.45, 2.75) is 25.3 Å². The molecule has 3 aromatic rings. The van der Waals surface area contributed by atoms with E-state index in [0.717, 1.165) is 29.2 Å². The lowest BCUT2D eigenvalue weighted by Gasteiger charge is -2.34. The zero-order valence-corrected chi connectivity index (χ0v) is 18.5. The number of likely N-dealkylation sites (N-methyl/N-ethyl adjacent to an activating group) is 1.